The van der Waals surface area contributed by atoms with Gasteiger partial charge in [0.05, 0.1) is 11.9 Å². The molecule has 20 heavy (non-hydrogen) atoms. The van der Waals surface area contributed by atoms with Crippen molar-refractivity contribution in [3.8, 4) is 0 Å². The van der Waals surface area contributed by atoms with E-state index in [0.29, 0.717) is 10.7 Å². The zero-order chi connectivity index (χ0) is 14.8. The molecule has 0 aromatic heterocycles. The van der Waals surface area contributed by atoms with E-state index in [4.69, 9.17) is 11.6 Å². The molecule has 0 aliphatic heterocycles. The molecule has 106 valence electrons. The summed E-state index contributed by atoms with van der Waals surface area (Å²) in [6.45, 7) is 2.02. The van der Waals surface area contributed by atoms with Crippen LogP contribution in [0.3, 0.4) is 0 Å². The van der Waals surface area contributed by atoms with Crippen LogP contribution in [0.5, 0.6) is 0 Å². The lowest BCUT2D eigenvalue weighted by Crippen LogP contribution is -2.10. The Morgan fingerprint density at radius 2 is 1.75 bits per heavy atom. The SMILES string of the molecule is Cc1ccc(Sc2cc(Cl)ccc2NS(C)(=O)=O)cc1. The molecule has 0 atom stereocenters. The number of anilines is 1. The Balaban J connectivity index is 2.34. The third kappa shape index (κ3) is 4.44. The van der Waals surface area contributed by atoms with Crippen molar-refractivity contribution >= 4 is 39.1 Å². The lowest BCUT2D eigenvalue weighted by Gasteiger charge is -2.11. The lowest BCUT2D eigenvalue weighted by atomic mass is 10.2. The highest BCUT2D eigenvalue weighted by molar-refractivity contribution is 7.99. The Kier molecular flexibility index (Phi) is 4.62. The van der Waals surface area contributed by atoms with Crippen LogP contribution in [0.15, 0.2) is 52.3 Å². The molecule has 2 aromatic rings. The van der Waals surface area contributed by atoms with Crippen LogP contribution >= 0.6 is 23.4 Å². The fraction of sp³-hybridized carbons (Fsp3) is 0.143. The van der Waals surface area contributed by atoms with Gasteiger partial charge >= 0.3 is 0 Å². The summed E-state index contributed by atoms with van der Waals surface area (Å²) in [5.74, 6) is 0. The van der Waals surface area contributed by atoms with Crippen LogP contribution in [0.4, 0.5) is 5.69 Å². The summed E-state index contributed by atoms with van der Waals surface area (Å²) in [5, 5.41) is 0.568. The molecule has 0 aliphatic carbocycles. The Morgan fingerprint density at radius 3 is 2.35 bits per heavy atom. The zero-order valence-corrected chi connectivity index (χ0v) is 13.4. The number of hydrogen-bond acceptors (Lipinski definition) is 3. The molecule has 0 fully saturated rings. The normalized spacial score (nSPS) is 11.3. The van der Waals surface area contributed by atoms with Crippen molar-refractivity contribution in [3.63, 3.8) is 0 Å². The minimum absolute atomic E-state index is 0.530. The van der Waals surface area contributed by atoms with Crippen molar-refractivity contribution in [1.29, 1.82) is 0 Å². The van der Waals surface area contributed by atoms with Gasteiger partial charge < -0.3 is 0 Å². The van der Waals surface area contributed by atoms with Crippen molar-refractivity contribution in [2.45, 2.75) is 16.7 Å². The summed E-state index contributed by atoms with van der Waals surface area (Å²) in [4.78, 5) is 1.79. The Hall–Kier alpha value is -1.17. The monoisotopic (exact) mass is 327 g/mol. The summed E-state index contributed by atoms with van der Waals surface area (Å²) in [6, 6.07) is 13.1. The van der Waals surface area contributed by atoms with E-state index in [1.807, 2.05) is 31.2 Å². The van der Waals surface area contributed by atoms with Gasteiger partial charge in [0, 0.05) is 14.8 Å². The van der Waals surface area contributed by atoms with E-state index in [0.717, 1.165) is 16.0 Å². The van der Waals surface area contributed by atoms with Crippen molar-refractivity contribution in [2.24, 2.45) is 0 Å². The van der Waals surface area contributed by atoms with Gasteiger partial charge in [-0.25, -0.2) is 8.42 Å². The molecule has 3 nitrogen and oxygen atoms in total. The van der Waals surface area contributed by atoms with Gasteiger partial charge in [-0.1, -0.05) is 41.1 Å². The molecular formula is C14H14ClNO2S2. The second kappa shape index (κ2) is 6.08. The van der Waals surface area contributed by atoms with Gasteiger partial charge in [0.2, 0.25) is 10.0 Å². The molecule has 2 aromatic carbocycles. The first-order valence-electron chi connectivity index (χ1n) is 5.85. The lowest BCUT2D eigenvalue weighted by molar-refractivity contribution is 0.606. The van der Waals surface area contributed by atoms with Crippen molar-refractivity contribution < 1.29 is 8.42 Å². The first kappa shape index (κ1) is 15.2. The third-order valence-electron chi connectivity index (χ3n) is 2.49. The minimum Gasteiger partial charge on any atom is -0.283 e. The Morgan fingerprint density at radius 1 is 1.10 bits per heavy atom. The van der Waals surface area contributed by atoms with Crippen LogP contribution in [0.1, 0.15) is 5.56 Å². The number of rotatable bonds is 4. The largest absolute Gasteiger partial charge is 0.283 e. The van der Waals surface area contributed by atoms with Gasteiger partial charge in [-0.2, -0.15) is 0 Å². The average molecular weight is 328 g/mol. The summed E-state index contributed by atoms with van der Waals surface area (Å²) >= 11 is 7.46. The van der Waals surface area contributed by atoms with Crippen LogP contribution in [0.2, 0.25) is 5.02 Å². The van der Waals surface area contributed by atoms with Gasteiger partial charge in [0.1, 0.15) is 0 Å². The first-order valence-corrected chi connectivity index (χ1v) is 8.94. The molecule has 2 rings (SSSR count). The van der Waals surface area contributed by atoms with Gasteiger partial charge in [-0.15, -0.1) is 0 Å². The van der Waals surface area contributed by atoms with E-state index < -0.39 is 10.0 Å². The molecule has 0 aliphatic rings. The highest BCUT2D eigenvalue weighted by Crippen LogP contribution is 2.35. The minimum atomic E-state index is -3.32. The van der Waals surface area contributed by atoms with Crippen LogP contribution in [-0.4, -0.2) is 14.7 Å². The maximum absolute atomic E-state index is 11.4. The van der Waals surface area contributed by atoms with Crippen LogP contribution in [-0.2, 0) is 10.0 Å². The van der Waals surface area contributed by atoms with Gasteiger partial charge in [0.15, 0.2) is 0 Å². The van der Waals surface area contributed by atoms with E-state index in [9.17, 15) is 8.42 Å². The van der Waals surface area contributed by atoms with E-state index in [2.05, 4.69) is 4.72 Å². The number of sulfonamides is 1. The fourth-order valence-electron chi connectivity index (χ4n) is 1.60. The molecule has 0 spiro atoms. The number of hydrogen-bond donors (Lipinski definition) is 1. The number of halogens is 1. The predicted molar refractivity (Wildman–Crippen MR) is 85.2 cm³/mol. The maximum Gasteiger partial charge on any atom is 0.229 e. The number of benzene rings is 2. The van der Waals surface area contributed by atoms with E-state index in [1.54, 1.807) is 18.2 Å². The number of aryl methyl sites for hydroxylation is 1. The molecule has 0 saturated heterocycles. The molecule has 0 heterocycles. The topological polar surface area (TPSA) is 46.2 Å². The zero-order valence-electron chi connectivity index (χ0n) is 11.1. The van der Waals surface area contributed by atoms with E-state index in [1.165, 1.54) is 17.3 Å². The van der Waals surface area contributed by atoms with Crippen molar-refractivity contribution in [3.05, 3.63) is 53.1 Å². The second-order valence-corrected chi connectivity index (χ2v) is 7.73. The fourth-order valence-corrected chi connectivity index (χ4v) is 3.42. The standard InChI is InChI=1S/C14H14ClNO2S2/c1-10-3-6-12(7-4-10)19-14-9-11(15)5-8-13(14)16-20(2,17)18/h3-9,16H,1-2H3. The summed E-state index contributed by atoms with van der Waals surface area (Å²) in [5.41, 5.74) is 1.71. The molecule has 0 bridgehead atoms. The Labute approximate surface area is 128 Å². The van der Waals surface area contributed by atoms with Crippen LogP contribution < -0.4 is 4.72 Å². The van der Waals surface area contributed by atoms with Crippen LogP contribution in [0, 0.1) is 6.92 Å². The first-order chi connectivity index (χ1) is 9.33. The van der Waals surface area contributed by atoms with Gasteiger partial charge in [-0.3, -0.25) is 4.72 Å². The maximum atomic E-state index is 11.4. The molecule has 0 radical (unpaired) electrons. The van der Waals surface area contributed by atoms with E-state index in [-0.39, 0.29) is 0 Å². The summed E-state index contributed by atoms with van der Waals surface area (Å²) < 4.78 is 25.3. The number of nitrogens with one attached hydrogen (secondary N) is 1. The molecular weight excluding hydrogens is 314 g/mol. The molecule has 6 heteroatoms. The summed E-state index contributed by atoms with van der Waals surface area (Å²) in [6.07, 6.45) is 1.13. The highest BCUT2D eigenvalue weighted by atomic mass is 35.5. The smallest absolute Gasteiger partial charge is 0.229 e. The van der Waals surface area contributed by atoms with Crippen LogP contribution in [0.25, 0.3) is 0 Å². The van der Waals surface area contributed by atoms with E-state index >= 15 is 0 Å². The van der Waals surface area contributed by atoms with Gasteiger partial charge in [-0.05, 0) is 37.3 Å². The quantitative estimate of drug-likeness (QED) is 0.916. The Bertz CT molecular complexity index is 712. The highest BCUT2D eigenvalue weighted by Gasteiger charge is 2.09. The third-order valence-corrected chi connectivity index (χ3v) is 4.38. The van der Waals surface area contributed by atoms with Gasteiger partial charge in [0.25, 0.3) is 0 Å². The second-order valence-electron chi connectivity index (χ2n) is 4.43. The predicted octanol–water partition coefficient (Wildman–Crippen LogP) is 4.17. The molecule has 1 N–H and O–H groups in total. The van der Waals surface area contributed by atoms with Crippen molar-refractivity contribution in [1.82, 2.24) is 0 Å². The molecule has 0 saturated carbocycles. The van der Waals surface area contributed by atoms with Crippen molar-refractivity contribution in [2.75, 3.05) is 11.0 Å². The summed E-state index contributed by atoms with van der Waals surface area (Å²) in [7, 11) is -3.32. The molecule has 0 amide bonds. The average Bonchev–Trinajstić information content (AvgIpc) is 2.34. The molecule has 0 unspecified atom stereocenters.